The summed E-state index contributed by atoms with van der Waals surface area (Å²) in [6.07, 6.45) is 9.90. The van der Waals surface area contributed by atoms with Gasteiger partial charge in [0.2, 0.25) is 0 Å². The predicted molar refractivity (Wildman–Crippen MR) is 99.1 cm³/mol. The van der Waals surface area contributed by atoms with Gasteiger partial charge in [0.1, 0.15) is 11.6 Å². The van der Waals surface area contributed by atoms with E-state index in [0.717, 1.165) is 37.4 Å². The molecular formula is C20H27N3O2. The van der Waals surface area contributed by atoms with Crippen molar-refractivity contribution in [1.82, 2.24) is 9.78 Å². The first-order valence-electron chi connectivity index (χ1n) is 9.35. The van der Waals surface area contributed by atoms with Crippen molar-refractivity contribution in [2.45, 2.75) is 57.9 Å². The summed E-state index contributed by atoms with van der Waals surface area (Å²) in [7, 11) is 0. The minimum atomic E-state index is -0.114. The zero-order valence-corrected chi connectivity index (χ0v) is 14.9. The molecule has 5 nitrogen and oxygen atoms in total. The van der Waals surface area contributed by atoms with Crippen LogP contribution in [0.4, 0.5) is 5.82 Å². The van der Waals surface area contributed by atoms with Crippen molar-refractivity contribution in [3.63, 3.8) is 0 Å². The Morgan fingerprint density at radius 3 is 2.68 bits per heavy atom. The van der Waals surface area contributed by atoms with E-state index in [-0.39, 0.29) is 5.91 Å². The lowest BCUT2D eigenvalue weighted by Gasteiger charge is -2.14. The van der Waals surface area contributed by atoms with Gasteiger partial charge in [-0.1, -0.05) is 32.6 Å². The minimum absolute atomic E-state index is 0.114. The maximum Gasteiger partial charge on any atom is 0.256 e. The molecule has 0 unspecified atom stereocenters. The summed E-state index contributed by atoms with van der Waals surface area (Å²) >= 11 is 0. The number of carbonyl (C=O) groups excluding carboxylic acids is 1. The molecule has 0 bridgehead atoms. The Kier molecular flexibility index (Phi) is 6.09. The summed E-state index contributed by atoms with van der Waals surface area (Å²) in [6.45, 7) is 2.89. The molecule has 1 amide bonds. The highest BCUT2D eigenvalue weighted by Crippen LogP contribution is 2.31. The maximum absolute atomic E-state index is 12.5. The maximum atomic E-state index is 12.5. The molecule has 1 aromatic carbocycles. The molecule has 1 aliphatic carbocycles. The van der Waals surface area contributed by atoms with E-state index in [9.17, 15) is 4.79 Å². The standard InChI is InChI=1S/C20H27N3O2/c1-2-3-6-15-25-18-11-9-16(10-12-18)20(24)22-19-13-14-21-23(19)17-7-4-5-8-17/h9-14,17H,2-8,15H2,1H3,(H,22,24). The van der Waals surface area contributed by atoms with Gasteiger partial charge in [0.15, 0.2) is 0 Å². The second kappa shape index (κ2) is 8.70. The zero-order chi connectivity index (χ0) is 17.5. The first-order chi connectivity index (χ1) is 12.3. The number of nitrogens with one attached hydrogen (secondary N) is 1. The Morgan fingerprint density at radius 1 is 1.20 bits per heavy atom. The average Bonchev–Trinajstić information content (AvgIpc) is 3.30. The van der Waals surface area contributed by atoms with Gasteiger partial charge in [-0.05, 0) is 43.5 Å². The van der Waals surface area contributed by atoms with Crippen LogP contribution in [0.2, 0.25) is 0 Å². The van der Waals surface area contributed by atoms with Crippen LogP contribution >= 0.6 is 0 Å². The molecule has 0 spiro atoms. The Morgan fingerprint density at radius 2 is 1.96 bits per heavy atom. The van der Waals surface area contributed by atoms with E-state index < -0.39 is 0 Å². The van der Waals surface area contributed by atoms with E-state index >= 15 is 0 Å². The molecule has 0 radical (unpaired) electrons. The van der Waals surface area contributed by atoms with E-state index in [1.807, 2.05) is 22.9 Å². The molecule has 0 saturated heterocycles. The van der Waals surface area contributed by atoms with Gasteiger partial charge in [-0.15, -0.1) is 0 Å². The number of amides is 1. The fraction of sp³-hybridized carbons (Fsp3) is 0.500. The van der Waals surface area contributed by atoms with Crippen LogP contribution in [0.5, 0.6) is 5.75 Å². The average molecular weight is 341 g/mol. The van der Waals surface area contributed by atoms with E-state index in [0.29, 0.717) is 11.6 Å². The lowest BCUT2D eigenvalue weighted by molar-refractivity contribution is 0.102. The predicted octanol–water partition coefficient (Wildman–Crippen LogP) is 4.82. The van der Waals surface area contributed by atoms with Gasteiger partial charge in [0.25, 0.3) is 5.91 Å². The molecule has 1 fully saturated rings. The normalized spacial score (nSPS) is 14.6. The van der Waals surface area contributed by atoms with Crippen molar-refractivity contribution in [2.24, 2.45) is 0 Å². The number of unbranched alkanes of at least 4 members (excludes halogenated alkanes) is 2. The number of hydrogen-bond donors (Lipinski definition) is 1. The van der Waals surface area contributed by atoms with Crippen molar-refractivity contribution >= 4 is 11.7 Å². The summed E-state index contributed by atoms with van der Waals surface area (Å²) in [5.41, 5.74) is 0.625. The molecule has 25 heavy (non-hydrogen) atoms. The fourth-order valence-corrected chi connectivity index (χ4v) is 3.29. The van der Waals surface area contributed by atoms with Gasteiger partial charge in [-0.2, -0.15) is 5.10 Å². The summed E-state index contributed by atoms with van der Waals surface area (Å²) in [5, 5.41) is 7.37. The first kappa shape index (κ1) is 17.5. The largest absolute Gasteiger partial charge is 0.494 e. The molecule has 0 aliphatic heterocycles. The van der Waals surface area contributed by atoms with Crippen LogP contribution in [0.15, 0.2) is 36.5 Å². The highest BCUT2D eigenvalue weighted by Gasteiger charge is 2.20. The topological polar surface area (TPSA) is 56.1 Å². The van der Waals surface area contributed by atoms with E-state index in [4.69, 9.17) is 4.74 Å². The fourth-order valence-electron chi connectivity index (χ4n) is 3.29. The summed E-state index contributed by atoms with van der Waals surface area (Å²) < 4.78 is 7.64. The van der Waals surface area contributed by atoms with Gasteiger partial charge in [-0.25, -0.2) is 4.68 Å². The smallest absolute Gasteiger partial charge is 0.256 e. The number of nitrogens with zero attached hydrogens (tertiary/aromatic N) is 2. The SMILES string of the molecule is CCCCCOc1ccc(C(=O)Nc2ccnn2C2CCCC2)cc1. The molecule has 134 valence electrons. The number of carbonyl (C=O) groups is 1. The molecule has 1 aliphatic rings. The van der Waals surface area contributed by atoms with Crippen LogP contribution in [0.1, 0.15) is 68.3 Å². The summed E-state index contributed by atoms with van der Waals surface area (Å²) in [6, 6.07) is 9.59. The first-order valence-corrected chi connectivity index (χ1v) is 9.35. The third-order valence-corrected chi connectivity index (χ3v) is 4.72. The Balaban J connectivity index is 1.57. The third kappa shape index (κ3) is 4.62. The summed E-state index contributed by atoms with van der Waals surface area (Å²) in [5.74, 6) is 1.47. The lowest BCUT2D eigenvalue weighted by atomic mass is 10.2. The van der Waals surface area contributed by atoms with E-state index in [2.05, 4.69) is 17.3 Å². The Hall–Kier alpha value is -2.30. The van der Waals surface area contributed by atoms with Crippen LogP contribution in [-0.2, 0) is 0 Å². The molecule has 3 rings (SSSR count). The van der Waals surface area contributed by atoms with Gasteiger partial charge in [0, 0.05) is 11.6 Å². The van der Waals surface area contributed by atoms with Crippen LogP contribution in [0, 0.1) is 0 Å². The molecular weight excluding hydrogens is 314 g/mol. The Bertz CT molecular complexity index is 673. The quantitative estimate of drug-likeness (QED) is 0.700. The number of rotatable bonds is 8. The van der Waals surface area contributed by atoms with E-state index in [1.165, 1.54) is 25.7 Å². The number of anilines is 1. The van der Waals surface area contributed by atoms with Crippen molar-refractivity contribution in [2.75, 3.05) is 11.9 Å². The Labute approximate surface area is 149 Å². The molecule has 5 heteroatoms. The molecule has 1 aromatic heterocycles. The van der Waals surface area contributed by atoms with Crippen molar-refractivity contribution in [3.8, 4) is 5.75 Å². The van der Waals surface area contributed by atoms with Crippen molar-refractivity contribution in [1.29, 1.82) is 0 Å². The number of hydrogen-bond acceptors (Lipinski definition) is 3. The van der Waals surface area contributed by atoms with Crippen LogP contribution in [0.3, 0.4) is 0 Å². The number of aromatic nitrogens is 2. The van der Waals surface area contributed by atoms with E-state index in [1.54, 1.807) is 18.3 Å². The monoisotopic (exact) mass is 341 g/mol. The second-order valence-electron chi connectivity index (χ2n) is 6.63. The minimum Gasteiger partial charge on any atom is -0.494 e. The van der Waals surface area contributed by atoms with Crippen molar-refractivity contribution < 1.29 is 9.53 Å². The van der Waals surface area contributed by atoms with Gasteiger partial charge in [-0.3, -0.25) is 4.79 Å². The lowest BCUT2D eigenvalue weighted by Crippen LogP contribution is -2.17. The molecule has 2 aromatic rings. The van der Waals surface area contributed by atoms with Crippen LogP contribution in [0.25, 0.3) is 0 Å². The van der Waals surface area contributed by atoms with Crippen LogP contribution < -0.4 is 10.1 Å². The molecule has 1 saturated carbocycles. The number of ether oxygens (including phenoxy) is 1. The highest BCUT2D eigenvalue weighted by atomic mass is 16.5. The molecule has 1 N–H and O–H groups in total. The zero-order valence-electron chi connectivity index (χ0n) is 14.9. The van der Waals surface area contributed by atoms with Gasteiger partial charge < -0.3 is 10.1 Å². The van der Waals surface area contributed by atoms with Crippen LogP contribution in [-0.4, -0.2) is 22.3 Å². The highest BCUT2D eigenvalue weighted by molar-refractivity contribution is 6.03. The van der Waals surface area contributed by atoms with Gasteiger partial charge in [0.05, 0.1) is 18.8 Å². The summed E-state index contributed by atoms with van der Waals surface area (Å²) in [4.78, 5) is 12.5. The molecule has 1 heterocycles. The van der Waals surface area contributed by atoms with Crippen molar-refractivity contribution in [3.05, 3.63) is 42.1 Å². The second-order valence-corrected chi connectivity index (χ2v) is 6.63. The molecule has 0 atom stereocenters. The third-order valence-electron chi connectivity index (χ3n) is 4.72. The number of benzene rings is 1. The van der Waals surface area contributed by atoms with Gasteiger partial charge >= 0.3 is 0 Å².